The van der Waals surface area contributed by atoms with Gasteiger partial charge in [0, 0.05) is 18.2 Å². The molecule has 0 aromatic carbocycles. The molecule has 110 valence electrons. The van der Waals surface area contributed by atoms with E-state index in [-0.39, 0.29) is 6.09 Å². The van der Waals surface area contributed by atoms with Crippen molar-refractivity contribution in [2.24, 2.45) is 0 Å². The zero-order chi connectivity index (χ0) is 14.8. The van der Waals surface area contributed by atoms with Crippen LogP contribution in [0.2, 0.25) is 0 Å². The summed E-state index contributed by atoms with van der Waals surface area (Å²) >= 11 is 0. The van der Waals surface area contributed by atoms with Crippen LogP contribution in [0, 0.1) is 0 Å². The summed E-state index contributed by atoms with van der Waals surface area (Å²) in [6.07, 6.45) is 4.31. The van der Waals surface area contributed by atoms with Gasteiger partial charge in [-0.2, -0.15) is 0 Å². The van der Waals surface area contributed by atoms with Crippen molar-refractivity contribution in [2.75, 3.05) is 12.3 Å². The molecule has 20 heavy (non-hydrogen) atoms. The van der Waals surface area contributed by atoms with Crippen LogP contribution < -0.4 is 11.1 Å². The Morgan fingerprint density at radius 1 is 1.55 bits per heavy atom. The number of nitrogens with two attached hydrogens (primary N) is 1. The first kappa shape index (κ1) is 14.6. The average molecular weight is 277 g/mol. The highest BCUT2D eigenvalue weighted by Crippen LogP contribution is 2.34. The number of aromatic nitrogens is 1. The number of ether oxygens (including phenoxy) is 1. The summed E-state index contributed by atoms with van der Waals surface area (Å²) in [5.41, 5.74) is 8.38. The fraction of sp³-hybridized carbons (Fsp3) is 0.600. The predicted octanol–water partition coefficient (Wildman–Crippen LogP) is 2.61. The van der Waals surface area contributed by atoms with E-state index in [2.05, 4.69) is 10.3 Å². The van der Waals surface area contributed by atoms with E-state index in [1.54, 1.807) is 6.20 Å². The number of carbonyl (C=O) groups is 1. The zero-order valence-corrected chi connectivity index (χ0v) is 12.4. The molecule has 0 saturated heterocycles. The number of nitrogen functional groups attached to an aromatic ring is 1. The van der Waals surface area contributed by atoms with Gasteiger partial charge in [0.15, 0.2) is 0 Å². The quantitative estimate of drug-likeness (QED) is 0.890. The van der Waals surface area contributed by atoms with Crippen molar-refractivity contribution >= 4 is 11.8 Å². The number of hydrogen-bond donors (Lipinski definition) is 2. The van der Waals surface area contributed by atoms with E-state index in [1.807, 2.05) is 26.8 Å². The number of anilines is 1. The predicted molar refractivity (Wildman–Crippen MR) is 78.6 cm³/mol. The highest BCUT2D eigenvalue weighted by molar-refractivity contribution is 5.67. The number of carbonyl (C=O) groups excluding carboxylic acids is 1. The molecular weight excluding hydrogens is 254 g/mol. The first-order chi connectivity index (χ1) is 9.35. The van der Waals surface area contributed by atoms with E-state index in [9.17, 15) is 4.79 Å². The Morgan fingerprint density at radius 3 is 3.00 bits per heavy atom. The minimum absolute atomic E-state index is 0.360. The van der Waals surface area contributed by atoms with Crippen LogP contribution in [0.15, 0.2) is 12.3 Å². The first-order valence-corrected chi connectivity index (χ1v) is 7.06. The van der Waals surface area contributed by atoms with Gasteiger partial charge in [0.05, 0.1) is 11.9 Å². The van der Waals surface area contributed by atoms with Gasteiger partial charge in [0.25, 0.3) is 0 Å². The Balaban J connectivity index is 1.81. The molecule has 1 heterocycles. The van der Waals surface area contributed by atoms with Crippen molar-refractivity contribution in [3.63, 3.8) is 0 Å². The number of alkyl carbamates (subject to hydrolysis) is 1. The number of pyridine rings is 1. The Hall–Kier alpha value is -1.78. The maximum Gasteiger partial charge on any atom is 0.407 e. The van der Waals surface area contributed by atoms with E-state index in [0.29, 0.717) is 12.5 Å². The van der Waals surface area contributed by atoms with Gasteiger partial charge in [-0.3, -0.25) is 4.98 Å². The van der Waals surface area contributed by atoms with Crippen LogP contribution in [0.5, 0.6) is 0 Å². The lowest BCUT2D eigenvalue weighted by atomic mass is 10.0. The van der Waals surface area contributed by atoms with E-state index in [0.717, 1.165) is 30.6 Å². The molecule has 2 rings (SSSR count). The molecule has 1 aliphatic carbocycles. The van der Waals surface area contributed by atoms with E-state index in [1.165, 1.54) is 5.56 Å². The number of amides is 1. The van der Waals surface area contributed by atoms with Crippen LogP contribution in [-0.4, -0.2) is 23.2 Å². The second-order valence-electron chi connectivity index (χ2n) is 6.27. The lowest BCUT2D eigenvalue weighted by Crippen LogP contribution is -2.33. The molecule has 1 atom stereocenters. The topological polar surface area (TPSA) is 77.2 Å². The molecule has 3 N–H and O–H groups in total. The zero-order valence-electron chi connectivity index (χ0n) is 12.4. The SMILES string of the molecule is CC(C)(C)OC(=O)NCCC1CCc2cc(N)cnc21. The number of aryl methyl sites for hydroxylation is 1. The summed E-state index contributed by atoms with van der Waals surface area (Å²) in [7, 11) is 0. The molecule has 5 heteroatoms. The minimum atomic E-state index is -0.455. The van der Waals surface area contributed by atoms with Crippen LogP contribution in [0.1, 0.15) is 50.8 Å². The molecule has 1 aliphatic rings. The fourth-order valence-electron chi connectivity index (χ4n) is 2.52. The molecule has 0 aliphatic heterocycles. The molecule has 1 aromatic rings. The van der Waals surface area contributed by atoms with Gasteiger partial charge in [0.2, 0.25) is 0 Å². The summed E-state index contributed by atoms with van der Waals surface area (Å²) in [6.45, 7) is 6.17. The standard InChI is InChI=1S/C15H23N3O2/c1-15(2,3)20-14(19)17-7-6-10-4-5-11-8-12(16)9-18-13(10)11/h8-10H,4-7,16H2,1-3H3,(H,17,19). The monoisotopic (exact) mass is 277 g/mol. The first-order valence-electron chi connectivity index (χ1n) is 7.06. The summed E-state index contributed by atoms with van der Waals surface area (Å²) in [5, 5.41) is 2.79. The number of nitrogens with one attached hydrogen (secondary N) is 1. The molecule has 0 radical (unpaired) electrons. The molecule has 0 fully saturated rings. The Bertz CT molecular complexity index is 494. The third-order valence-corrected chi connectivity index (χ3v) is 3.33. The Kier molecular flexibility index (Phi) is 4.16. The Morgan fingerprint density at radius 2 is 2.30 bits per heavy atom. The normalized spacial score (nSPS) is 17.6. The molecule has 1 aromatic heterocycles. The molecule has 0 bridgehead atoms. The number of hydrogen-bond acceptors (Lipinski definition) is 4. The number of fused-ring (bicyclic) bond motifs is 1. The molecule has 0 saturated carbocycles. The number of rotatable bonds is 3. The maximum absolute atomic E-state index is 11.6. The van der Waals surface area contributed by atoms with Gasteiger partial charge in [-0.1, -0.05) is 0 Å². The smallest absolute Gasteiger partial charge is 0.407 e. The molecule has 1 amide bonds. The summed E-state index contributed by atoms with van der Waals surface area (Å²) in [6, 6.07) is 2.00. The third-order valence-electron chi connectivity index (χ3n) is 3.33. The van der Waals surface area contributed by atoms with Crippen LogP contribution in [-0.2, 0) is 11.2 Å². The third kappa shape index (κ3) is 3.85. The summed E-state index contributed by atoms with van der Waals surface area (Å²) < 4.78 is 5.21. The lowest BCUT2D eigenvalue weighted by Gasteiger charge is -2.20. The van der Waals surface area contributed by atoms with Gasteiger partial charge in [-0.15, -0.1) is 0 Å². The summed E-state index contributed by atoms with van der Waals surface area (Å²) in [4.78, 5) is 16.0. The molecule has 1 unspecified atom stereocenters. The Labute approximate surface area is 119 Å². The highest BCUT2D eigenvalue weighted by Gasteiger charge is 2.24. The summed E-state index contributed by atoms with van der Waals surface area (Å²) in [5.74, 6) is 0.403. The van der Waals surface area contributed by atoms with Crippen molar-refractivity contribution < 1.29 is 9.53 Å². The van der Waals surface area contributed by atoms with Crippen LogP contribution in [0.25, 0.3) is 0 Å². The number of nitrogens with zero attached hydrogens (tertiary/aromatic N) is 1. The molecular formula is C15H23N3O2. The molecule has 0 spiro atoms. The fourth-order valence-corrected chi connectivity index (χ4v) is 2.52. The highest BCUT2D eigenvalue weighted by atomic mass is 16.6. The van der Waals surface area contributed by atoms with Crippen molar-refractivity contribution in [3.05, 3.63) is 23.5 Å². The second-order valence-corrected chi connectivity index (χ2v) is 6.27. The van der Waals surface area contributed by atoms with Gasteiger partial charge in [0.1, 0.15) is 5.60 Å². The van der Waals surface area contributed by atoms with Crippen LogP contribution >= 0.6 is 0 Å². The lowest BCUT2D eigenvalue weighted by molar-refractivity contribution is 0.0526. The van der Waals surface area contributed by atoms with Gasteiger partial charge >= 0.3 is 6.09 Å². The average Bonchev–Trinajstić information content (AvgIpc) is 2.69. The van der Waals surface area contributed by atoms with Crippen LogP contribution in [0.3, 0.4) is 0 Å². The van der Waals surface area contributed by atoms with E-state index >= 15 is 0 Å². The van der Waals surface area contributed by atoms with Crippen molar-refractivity contribution in [1.82, 2.24) is 10.3 Å². The molecule has 5 nitrogen and oxygen atoms in total. The van der Waals surface area contributed by atoms with E-state index in [4.69, 9.17) is 10.5 Å². The van der Waals surface area contributed by atoms with Crippen molar-refractivity contribution in [3.8, 4) is 0 Å². The maximum atomic E-state index is 11.6. The van der Waals surface area contributed by atoms with Crippen molar-refractivity contribution in [1.29, 1.82) is 0 Å². The second kappa shape index (κ2) is 5.69. The van der Waals surface area contributed by atoms with Gasteiger partial charge < -0.3 is 15.8 Å². The van der Waals surface area contributed by atoms with Gasteiger partial charge in [-0.05, 0) is 51.7 Å². The largest absolute Gasteiger partial charge is 0.444 e. The van der Waals surface area contributed by atoms with E-state index < -0.39 is 5.60 Å². The van der Waals surface area contributed by atoms with Gasteiger partial charge in [-0.25, -0.2) is 4.79 Å². The van der Waals surface area contributed by atoms with Crippen molar-refractivity contribution in [2.45, 2.75) is 51.6 Å². The van der Waals surface area contributed by atoms with Crippen LogP contribution in [0.4, 0.5) is 10.5 Å². The minimum Gasteiger partial charge on any atom is -0.444 e.